The van der Waals surface area contributed by atoms with Crippen molar-refractivity contribution in [3.05, 3.63) is 60.4 Å². The van der Waals surface area contributed by atoms with Crippen LogP contribution in [0, 0.1) is 6.92 Å². The molecule has 0 radical (unpaired) electrons. The summed E-state index contributed by atoms with van der Waals surface area (Å²) in [4.78, 5) is 4.50. The maximum Gasteiger partial charge on any atom is 0.244 e. The quantitative estimate of drug-likeness (QED) is 0.628. The standard InChI is InChI=1S/C20H23N3O4S/c1-15-14-21-20(16-7-5-4-6-8-16)23(15)12-11-22-28(24,25)19-13-17(26-2)9-10-18(19)27-3/h4-10,13-14,22H,11-12H2,1-3H3. The third-order valence-electron chi connectivity index (χ3n) is 4.37. The topological polar surface area (TPSA) is 82.5 Å². The van der Waals surface area contributed by atoms with Gasteiger partial charge < -0.3 is 14.0 Å². The van der Waals surface area contributed by atoms with E-state index in [9.17, 15) is 8.42 Å². The van der Waals surface area contributed by atoms with Crippen LogP contribution >= 0.6 is 0 Å². The number of hydrogen-bond acceptors (Lipinski definition) is 5. The van der Waals surface area contributed by atoms with Crippen molar-refractivity contribution in [1.82, 2.24) is 14.3 Å². The Morgan fingerprint density at radius 3 is 2.50 bits per heavy atom. The summed E-state index contributed by atoms with van der Waals surface area (Å²) in [7, 11) is -0.851. The van der Waals surface area contributed by atoms with Crippen molar-refractivity contribution in [3.8, 4) is 22.9 Å². The van der Waals surface area contributed by atoms with Gasteiger partial charge in [0.25, 0.3) is 0 Å². The first-order valence-corrected chi connectivity index (χ1v) is 10.2. The molecular formula is C20H23N3O4S. The number of nitrogens with zero attached hydrogens (tertiary/aromatic N) is 2. The Kier molecular flexibility index (Phi) is 6.01. The fraction of sp³-hybridized carbons (Fsp3) is 0.250. The Morgan fingerprint density at radius 1 is 1.07 bits per heavy atom. The minimum atomic E-state index is -3.77. The lowest BCUT2D eigenvalue weighted by atomic mass is 10.2. The van der Waals surface area contributed by atoms with Gasteiger partial charge in [-0.15, -0.1) is 0 Å². The van der Waals surface area contributed by atoms with Crippen LogP contribution in [-0.2, 0) is 16.6 Å². The molecule has 7 nitrogen and oxygen atoms in total. The first-order valence-electron chi connectivity index (χ1n) is 8.75. The van der Waals surface area contributed by atoms with Gasteiger partial charge in [0.05, 0.1) is 14.2 Å². The summed E-state index contributed by atoms with van der Waals surface area (Å²) in [5.74, 6) is 1.51. The second-order valence-corrected chi connectivity index (χ2v) is 7.89. The highest BCUT2D eigenvalue weighted by Gasteiger charge is 2.20. The Morgan fingerprint density at radius 2 is 1.82 bits per heavy atom. The van der Waals surface area contributed by atoms with Gasteiger partial charge in [-0.2, -0.15) is 0 Å². The van der Waals surface area contributed by atoms with Crippen molar-refractivity contribution < 1.29 is 17.9 Å². The molecule has 0 spiro atoms. The second kappa shape index (κ2) is 8.45. The lowest BCUT2D eigenvalue weighted by molar-refractivity contribution is 0.392. The SMILES string of the molecule is COc1ccc(OC)c(S(=O)(=O)NCCn2c(C)cnc2-c2ccccc2)c1. The fourth-order valence-electron chi connectivity index (χ4n) is 2.92. The Balaban J connectivity index is 1.78. The Labute approximate surface area is 165 Å². The van der Waals surface area contributed by atoms with Gasteiger partial charge in [-0.25, -0.2) is 18.1 Å². The molecule has 28 heavy (non-hydrogen) atoms. The van der Waals surface area contributed by atoms with Gasteiger partial charge in [-0.05, 0) is 19.1 Å². The molecule has 0 unspecified atom stereocenters. The van der Waals surface area contributed by atoms with E-state index in [4.69, 9.17) is 9.47 Å². The number of imidazole rings is 1. The number of sulfonamides is 1. The fourth-order valence-corrected chi connectivity index (χ4v) is 4.13. The Hall–Kier alpha value is -2.84. The lowest BCUT2D eigenvalue weighted by Gasteiger charge is -2.14. The first kappa shape index (κ1) is 19.9. The molecule has 0 bridgehead atoms. The second-order valence-electron chi connectivity index (χ2n) is 6.16. The lowest BCUT2D eigenvalue weighted by Crippen LogP contribution is -2.28. The van der Waals surface area contributed by atoms with Crippen LogP contribution in [0.25, 0.3) is 11.4 Å². The first-order chi connectivity index (χ1) is 13.5. The maximum atomic E-state index is 12.8. The van der Waals surface area contributed by atoms with Crippen molar-refractivity contribution in [2.24, 2.45) is 0 Å². The summed E-state index contributed by atoms with van der Waals surface area (Å²) >= 11 is 0. The van der Waals surface area contributed by atoms with Crippen molar-refractivity contribution in [3.63, 3.8) is 0 Å². The van der Waals surface area contributed by atoms with Crippen molar-refractivity contribution in [1.29, 1.82) is 0 Å². The van der Waals surface area contributed by atoms with Gasteiger partial charge in [-0.3, -0.25) is 0 Å². The van der Waals surface area contributed by atoms with Gasteiger partial charge in [-0.1, -0.05) is 30.3 Å². The van der Waals surface area contributed by atoms with Gasteiger partial charge in [0, 0.05) is 36.6 Å². The molecule has 2 aromatic carbocycles. The van der Waals surface area contributed by atoms with Crippen molar-refractivity contribution >= 4 is 10.0 Å². The third kappa shape index (κ3) is 4.18. The smallest absolute Gasteiger partial charge is 0.244 e. The van der Waals surface area contributed by atoms with E-state index in [-0.39, 0.29) is 17.2 Å². The monoisotopic (exact) mass is 401 g/mol. The van der Waals surface area contributed by atoms with E-state index >= 15 is 0 Å². The zero-order valence-electron chi connectivity index (χ0n) is 16.0. The van der Waals surface area contributed by atoms with Crippen LogP contribution in [0.4, 0.5) is 0 Å². The van der Waals surface area contributed by atoms with Crippen LogP contribution in [0.5, 0.6) is 11.5 Å². The molecular weight excluding hydrogens is 378 g/mol. The number of rotatable bonds is 8. The predicted octanol–water partition coefficient (Wildman–Crippen LogP) is 2.85. The zero-order valence-corrected chi connectivity index (χ0v) is 16.9. The Bertz CT molecular complexity index is 1050. The van der Waals surface area contributed by atoms with E-state index in [1.165, 1.54) is 20.3 Å². The van der Waals surface area contributed by atoms with Crippen LogP contribution in [0.1, 0.15) is 5.69 Å². The van der Waals surface area contributed by atoms with Crippen LogP contribution in [0.2, 0.25) is 0 Å². The zero-order chi connectivity index (χ0) is 20.1. The number of benzene rings is 2. The van der Waals surface area contributed by atoms with Gasteiger partial charge >= 0.3 is 0 Å². The molecule has 8 heteroatoms. The molecule has 1 N–H and O–H groups in total. The summed E-state index contributed by atoms with van der Waals surface area (Å²) in [6, 6.07) is 14.5. The van der Waals surface area contributed by atoms with Crippen molar-refractivity contribution in [2.45, 2.75) is 18.4 Å². The summed E-state index contributed by atoms with van der Waals surface area (Å²) in [5.41, 5.74) is 1.94. The molecule has 0 atom stereocenters. The molecule has 0 fully saturated rings. The molecule has 1 aromatic heterocycles. The molecule has 0 aliphatic heterocycles. The normalized spacial score (nSPS) is 11.4. The van der Waals surface area contributed by atoms with Crippen LogP contribution in [0.3, 0.4) is 0 Å². The summed E-state index contributed by atoms with van der Waals surface area (Å²) in [5, 5.41) is 0. The van der Waals surface area contributed by atoms with E-state index in [0.717, 1.165) is 17.1 Å². The molecule has 0 amide bonds. The van der Waals surface area contributed by atoms with Gasteiger partial charge in [0.15, 0.2) is 0 Å². The number of aryl methyl sites for hydroxylation is 1. The molecule has 1 heterocycles. The highest BCUT2D eigenvalue weighted by atomic mass is 32.2. The summed E-state index contributed by atoms with van der Waals surface area (Å²) in [6.07, 6.45) is 1.78. The highest BCUT2D eigenvalue weighted by Crippen LogP contribution is 2.28. The summed E-state index contributed by atoms with van der Waals surface area (Å²) in [6.45, 7) is 2.60. The molecule has 0 saturated carbocycles. The van der Waals surface area contributed by atoms with Crippen molar-refractivity contribution in [2.75, 3.05) is 20.8 Å². The number of ether oxygens (including phenoxy) is 2. The van der Waals surface area contributed by atoms with Crippen LogP contribution < -0.4 is 14.2 Å². The number of hydrogen-bond donors (Lipinski definition) is 1. The summed E-state index contributed by atoms with van der Waals surface area (Å²) < 4.78 is 40.5. The largest absolute Gasteiger partial charge is 0.497 e. The number of methoxy groups -OCH3 is 2. The molecule has 0 aliphatic carbocycles. The van der Waals surface area contributed by atoms with Crippen LogP contribution in [0.15, 0.2) is 59.6 Å². The minimum absolute atomic E-state index is 0.0417. The molecule has 3 rings (SSSR count). The van der Waals surface area contributed by atoms with Gasteiger partial charge in [0.2, 0.25) is 10.0 Å². The van der Waals surface area contributed by atoms with E-state index in [1.54, 1.807) is 18.3 Å². The predicted molar refractivity (Wildman–Crippen MR) is 107 cm³/mol. The molecule has 0 aliphatic rings. The number of nitrogens with one attached hydrogen (secondary N) is 1. The molecule has 148 valence electrons. The van der Waals surface area contributed by atoms with Crippen LogP contribution in [-0.4, -0.2) is 38.7 Å². The van der Waals surface area contributed by atoms with E-state index in [2.05, 4.69) is 9.71 Å². The van der Waals surface area contributed by atoms with E-state index < -0.39 is 10.0 Å². The maximum absolute atomic E-state index is 12.8. The molecule has 0 saturated heterocycles. The van der Waals surface area contributed by atoms with Gasteiger partial charge in [0.1, 0.15) is 22.2 Å². The third-order valence-corrected chi connectivity index (χ3v) is 5.86. The van der Waals surface area contributed by atoms with E-state index in [1.807, 2.05) is 41.8 Å². The molecule has 3 aromatic rings. The highest BCUT2D eigenvalue weighted by molar-refractivity contribution is 7.89. The van der Waals surface area contributed by atoms with E-state index in [0.29, 0.717) is 12.3 Å². The number of aromatic nitrogens is 2. The average Bonchev–Trinajstić information content (AvgIpc) is 3.08. The average molecular weight is 401 g/mol. The minimum Gasteiger partial charge on any atom is -0.497 e.